The number of allylic oxidation sites excluding steroid dienone is 4. The molecule has 16 heavy (non-hydrogen) atoms. The van der Waals surface area contributed by atoms with Crippen LogP contribution in [-0.4, -0.2) is 6.61 Å². The van der Waals surface area contributed by atoms with Crippen molar-refractivity contribution in [2.75, 3.05) is 6.61 Å². The molecule has 1 heterocycles. The first kappa shape index (κ1) is 13.3. The molecule has 1 nitrogen and oxygen atoms in total. The van der Waals surface area contributed by atoms with Crippen LogP contribution in [0, 0.1) is 5.41 Å². The second-order valence-corrected chi connectivity index (χ2v) is 4.83. The molecule has 0 aromatic rings. The Balaban J connectivity index is 0.000000606. The molecule has 2 rings (SSSR count). The smallest absolute Gasteiger partial charge is 0.0994 e. The molecule has 1 aliphatic carbocycles. The van der Waals surface area contributed by atoms with Crippen molar-refractivity contribution in [3.05, 3.63) is 23.5 Å². The van der Waals surface area contributed by atoms with Crippen molar-refractivity contribution in [3.63, 3.8) is 0 Å². The molecule has 1 unspecified atom stereocenters. The monoisotopic (exact) mass is 222 g/mol. The van der Waals surface area contributed by atoms with Crippen molar-refractivity contribution in [1.82, 2.24) is 0 Å². The van der Waals surface area contributed by atoms with E-state index in [9.17, 15) is 0 Å². The number of rotatable bonds is 1. The van der Waals surface area contributed by atoms with Crippen LogP contribution in [0.1, 0.15) is 59.8 Å². The van der Waals surface area contributed by atoms with Gasteiger partial charge in [0.1, 0.15) is 0 Å². The van der Waals surface area contributed by atoms with Gasteiger partial charge in [0.2, 0.25) is 0 Å². The van der Waals surface area contributed by atoms with Gasteiger partial charge >= 0.3 is 0 Å². The zero-order valence-electron chi connectivity index (χ0n) is 11.3. The molecule has 0 amide bonds. The van der Waals surface area contributed by atoms with Gasteiger partial charge in [-0.05, 0) is 30.3 Å². The number of hydrogen-bond acceptors (Lipinski definition) is 1. The van der Waals surface area contributed by atoms with Crippen LogP contribution in [0.4, 0.5) is 0 Å². The van der Waals surface area contributed by atoms with E-state index in [0.29, 0.717) is 5.41 Å². The lowest BCUT2D eigenvalue weighted by atomic mass is 9.78. The molecule has 0 aromatic heterocycles. The normalized spacial score (nSPS) is 28.5. The molecule has 1 heteroatoms. The van der Waals surface area contributed by atoms with Crippen molar-refractivity contribution in [1.29, 1.82) is 0 Å². The van der Waals surface area contributed by atoms with E-state index in [1.54, 1.807) is 0 Å². The SMILES string of the molecule is CC.CCC1(C)CCOC2=C(C=CCC2)C1. The predicted octanol–water partition coefficient (Wildman–Crippen LogP) is 4.84. The summed E-state index contributed by atoms with van der Waals surface area (Å²) in [5, 5.41) is 0. The lowest BCUT2D eigenvalue weighted by molar-refractivity contribution is 0.164. The van der Waals surface area contributed by atoms with Gasteiger partial charge in [-0.2, -0.15) is 0 Å². The van der Waals surface area contributed by atoms with Crippen molar-refractivity contribution in [2.24, 2.45) is 5.41 Å². The van der Waals surface area contributed by atoms with E-state index < -0.39 is 0 Å². The summed E-state index contributed by atoms with van der Waals surface area (Å²) in [5.74, 6) is 1.27. The van der Waals surface area contributed by atoms with Gasteiger partial charge in [-0.25, -0.2) is 0 Å². The summed E-state index contributed by atoms with van der Waals surface area (Å²) in [6, 6.07) is 0. The Morgan fingerprint density at radius 1 is 1.38 bits per heavy atom. The third kappa shape index (κ3) is 3.13. The minimum absolute atomic E-state index is 0.457. The molecule has 0 bridgehead atoms. The van der Waals surface area contributed by atoms with Gasteiger partial charge < -0.3 is 4.74 Å². The van der Waals surface area contributed by atoms with E-state index in [2.05, 4.69) is 26.0 Å². The largest absolute Gasteiger partial charge is 0.498 e. The molecule has 0 saturated carbocycles. The van der Waals surface area contributed by atoms with Gasteiger partial charge in [0, 0.05) is 6.42 Å². The van der Waals surface area contributed by atoms with Gasteiger partial charge in [0.15, 0.2) is 0 Å². The average molecular weight is 222 g/mol. The Morgan fingerprint density at radius 2 is 2.12 bits per heavy atom. The van der Waals surface area contributed by atoms with Crippen LogP contribution < -0.4 is 0 Å². The molecular formula is C15H26O. The zero-order chi connectivity index (χ0) is 12.0. The van der Waals surface area contributed by atoms with Crippen LogP contribution in [0.3, 0.4) is 0 Å². The topological polar surface area (TPSA) is 9.23 Å². The highest BCUT2D eigenvalue weighted by Crippen LogP contribution is 2.39. The third-order valence-corrected chi connectivity index (χ3v) is 3.67. The quantitative estimate of drug-likeness (QED) is 0.616. The van der Waals surface area contributed by atoms with E-state index in [1.807, 2.05) is 13.8 Å². The average Bonchev–Trinajstić information content (AvgIpc) is 2.50. The van der Waals surface area contributed by atoms with Crippen molar-refractivity contribution >= 4 is 0 Å². The van der Waals surface area contributed by atoms with E-state index >= 15 is 0 Å². The summed E-state index contributed by atoms with van der Waals surface area (Å²) in [7, 11) is 0. The summed E-state index contributed by atoms with van der Waals surface area (Å²) < 4.78 is 5.83. The predicted molar refractivity (Wildman–Crippen MR) is 70.3 cm³/mol. The maximum atomic E-state index is 5.83. The molecule has 0 aromatic carbocycles. The fourth-order valence-electron chi connectivity index (χ4n) is 2.29. The van der Waals surface area contributed by atoms with Crippen LogP contribution in [0.2, 0.25) is 0 Å². The Bertz CT molecular complexity index is 275. The lowest BCUT2D eigenvalue weighted by Gasteiger charge is -2.26. The zero-order valence-corrected chi connectivity index (χ0v) is 11.3. The standard InChI is InChI=1S/C13H20O.C2H6/c1-3-13(2)8-9-14-12-7-5-4-6-11(12)10-13;1-2/h4,6H,3,5,7-10H2,1-2H3;1-2H3. The second-order valence-electron chi connectivity index (χ2n) is 4.83. The maximum absolute atomic E-state index is 5.83. The molecule has 0 radical (unpaired) electrons. The van der Waals surface area contributed by atoms with Crippen LogP contribution in [0.15, 0.2) is 23.5 Å². The summed E-state index contributed by atoms with van der Waals surface area (Å²) >= 11 is 0. The van der Waals surface area contributed by atoms with Gasteiger partial charge in [-0.1, -0.05) is 46.3 Å². The fraction of sp³-hybridized carbons (Fsp3) is 0.733. The fourth-order valence-corrected chi connectivity index (χ4v) is 2.29. The highest BCUT2D eigenvalue weighted by atomic mass is 16.5. The first-order valence-electron chi connectivity index (χ1n) is 6.75. The van der Waals surface area contributed by atoms with E-state index in [-0.39, 0.29) is 0 Å². The van der Waals surface area contributed by atoms with Gasteiger partial charge in [0.25, 0.3) is 0 Å². The van der Waals surface area contributed by atoms with Crippen molar-refractivity contribution in [3.8, 4) is 0 Å². The van der Waals surface area contributed by atoms with E-state index in [4.69, 9.17) is 4.74 Å². The van der Waals surface area contributed by atoms with Crippen LogP contribution in [0.5, 0.6) is 0 Å². The summed E-state index contributed by atoms with van der Waals surface area (Å²) in [6.07, 6.45) is 10.5. The second kappa shape index (κ2) is 6.12. The Hall–Kier alpha value is -0.720. The molecule has 0 fully saturated rings. The van der Waals surface area contributed by atoms with E-state index in [0.717, 1.165) is 19.4 Å². The third-order valence-electron chi connectivity index (χ3n) is 3.67. The van der Waals surface area contributed by atoms with Gasteiger partial charge in [0.05, 0.1) is 12.4 Å². The minimum atomic E-state index is 0.457. The molecule has 1 aliphatic heterocycles. The molecule has 92 valence electrons. The summed E-state index contributed by atoms with van der Waals surface area (Å²) in [6.45, 7) is 9.59. The number of ether oxygens (including phenoxy) is 1. The first-order chi connectivity index (χ1) is 7.73. The Labute approximate surface area is 101 Å². The number of hydrogen-bond donors (Lipinski definition) is 0. The van der Waals surface area contributed by atoms with Crippen LogP contribution in [-0.2, 0) is 4.74 Å². The lowest BCUT2D eigenvalue weighted by Crippen LogP contribution is -2.16. The molecule has 1 atom stereocenters. The molecule has 0 spiro atoms. The molecular weight excluding hydrogens is 196 g/mol. The molecule has 0 saturated heterocycles. The van der Waals surface area contributed by atoms with Crippen molar-refractivity contribution < 1.29 is 4.74 Å². The van der Waals surface area contributed by atoms with Crippen LogP contribution >= 0.6 is 0 Å². The summed E-state index contributed by atoms with van der Waals surface area (Å²) in [4.78, 5) is 0. The first-order valence-corrected chi connectivity index (χ1v) is 6.75. The highest BCUT2D eigenvalue weighted by molar-refractivity contribution is 5.28. The summed E-state index contributed by atoms with van der Waals surface area (Å²) in [5.41, 5.74) is 1.91. The van der Waals surface area contributed by atoms with Crippen molar-refractivity contribution in [2.45, 2.75) is 59.8 Å². The maximum Gasteiger partial charge on any atom is 0.0994 e. The minimum Gasteiger partial charge on any atom is -0.498 e. The van der Waals surface area contributed by atoms with Gasteiger partial charge in [-0.3, -0.25) is 0 Å². The van der Waals surface area contributed by atoms with Gasteiger partial charge in [-0.15, -0.1) is 0 Å². The molecule has 2 aliphatic rings. The highest BCUT2D eigenvalue weighted by Gasteiger charge is 2.28. The van der Waals surface area contributed by atoms with E-state index in [1.165, 1.54) is 30.6 Å². The van der Waals surface area contributed by atoms with Crippen LogP contribution in [0.25, 0.3) is 0 Å². The molecule has 0 N–H and O–H groups in total. The Morgan fingerprint density at radius 3 is 2.81 bits per heavy atom. The Kier molecular flexibility index (Phi) is 5.11.